The van der Waals surface area contributed by atoms with E-state index in [1.165, 1.54) is 5.56 Å². The summed E-state index contributed by atoms with van der Waals surface area (Å²) in [6.45, 7) is 8.66. The maximum atomic E-state index is 12.3. The predicted octanol–water partition coefficient (Wildman–Crippen LogP) is 3.40. The number of hydrogen-bond donors (Lipinski definition) is 1. The van der Waals surface area contributed by atoms with Crippen molar-refractivity contribution in [2.45, 2.75) is 52.1 Å². The molecule has 1 saturated heterocycles. The van der Waals surface area contributed by atoms with Gasteiger partial charge in [0, 0.05) is 32.2 Å². The van der Waals surface area contributed by atoms with Crippen LogP contribution < -0.4 is 5.32 Å². The molecule has 156 valence electrons. The largest absolute Gasteiger partial charge is 0.444 e. The highest BCUT2D eigenvalue weighted by atomic mass is 16.6. The maximum Gasteiger partial charge on any atom is 0.410 e. The minimum absolute atomic E-state index is 0.0299. The molecule has 0 atom stereocenters. The molecule has 2 rings (SSSR count). The van der Waals surface area contributed by atoms with Crippen molar-refractivity contribution >= 4 is 12.0 Å². The van der Waals surface area contributed by atoms with Gasteiger partial charge in [-0.2, -0.15) is 0 Å². The van der Waals surface area contributed by atoms with Gasteiger partial charge in [-0.3, -0.25) is 4.79 Å². The van der Waals surface area contributed by atoms with Crippen molar-refractivity contribution in [2.24, 2.45) is 5.92 Å². The van der Waals surface area contributed by atoms with E-state index in [0.717, 1.165) is 12.8 Å². The predicted molar refractivity (Wildman–Crippen MR) is 109 cm³/mol. The van der Waals surface area contributed by atoms with Gasteiger partial charge in [0.25, 0.3) is 0 Å². The van der Waals surface area contributed by atoms with Crippen LogP contribution in [0.4, 0.5) is 4.79 Å². The molecule has 1 fully saturated rings. The van der Waals surface area contributed by atoms with Gasteiger partial charge in [-0.25, -0.2) is 4.79 Å². The van der Waals surface area contributed by atoms with Crippen molar-refractivity contribution < 1.29 is 19.1 Å². The summed E-state index contributed by atoms with van der Waals surface area (Å²) >= 11 is 0. The SMILES string of the molecule is CC(C)(C)OC(=O)N1CCC(C(=O)NCCCOCCc2ccccc2)CC1. The number of carbonyl (C=O) groups excluding carboxylic acids is 2. The molecule has 1 heterocycles. The first-order valence-electron chi connectivity index (χ1n) is 10.2. The summed E-state index contributed by atoms with van der Waals surface area (Å²) in [6.07, 6.45) is 2.77. The fourth-order valence-electron chi connectivity index (χ4n) is 3.12. The van der Waals surface area contributed by atoms with Crippen LogP contribution in [0.3, 0.4) is 0 Å². The van der Waals surface area contributed by atoms with Crippen LogP contribution in [0.15, 0.2) is 30.3 Å². The van der Waals surface area contributed by atoms with E-state index in [-0.39, 0.29) is 17.9 Å². The second kappa shape index (κ2) is 11.1. The molecule has 1 aromatic carbocycles. The van der Waals surface area contributed by atoms with Crippen LogP contribution in [-0.2, 0) is 20.7 Å². The van der Waals surface area contributed by atoms with E-state index in [4.69, 9.17) is 9.47 Å². The maximum absolute atomic E-state index is 12.3. The molecule has 1 aliphatic heterocycles. The van der Waals surface area contributed by atoms with Crippen molar-refractivity contribution in [3.05, 3.63) is 35.9 Å². The van der Waals surface area contributed by atoms with Gasteiger partial charge in [0.1, 0.15) is 5.60 Å². The first-order chi connectivity index (χ1) is 13.3. The van der Waals surface area contributed by atoms with Gasteiger partial charge in [-0.1, -0.05) is 30.3 Å². The molecule has 1 aliphatic rings. The van der Waals surface area contributed by atoms with Crippen molar-refractivity contribution in [2.75, 3.05) is 32.8 Å². The number of piperidine rings is 1. The first-order valence-corrected chi connectivity index (χ1v) is 10.2. The smallest absolute Gasteiger partial charge is 0.410 e. The highest BCUT2D eigenvalue weighted by molar-refractivity contribution is 5.79. The zero-order valence-electron chi connectivity index (χ0n) is 17.4. The molecule has 2 amide bonds. The lowest BCUT2D eigenvalue weighted by Crippen LogP contribution is -2.45. The summed E-state index contributed by atoms with van der Waals surface area (Å²) in [6, 6.07) is 10.3. The number of benzene rings is 1. The zero-order chi connectivity index (χ0) is 20.4. The molecule has 6 nitrogen and oxygen atoms in total. The Balaban J connectivity index is 1.52. The number of ether oxygens (including phenoxy) is 2. The molecule has 0 saturated carbocycles. The Hall–Kier alpha value is -2.08. The second-order valence-corrected chi connectivity index (χ2v) is 8.23. The Morgan fingerprint density at radius 1 is 1.11 bits per heavy atom. The number of rotatable bonds is 8. The van der Waals surface area contributed by atoms with E-state index >= 15 is 0 Å². The highest BCUT2D eigenvalue weighted by Gasteiger charge is 2.29. The molecule has 6 heteroatoms. The van der Waals surface area contributed by atoms with Gasteiger partial charge in [0.05, 0.1) is 6.61 Å². The zero-order valence-corrected chi connectivity index (χ0v) is 17.4. The van der Waals surface area contributed by atoms with Crippen LogP contribution in [0.25, 0.3) is 0 Å². The summed E-state index contributed by atoms with van der Waals surface area (Å²) in [7, 11) is 0. The highest BCUT2D eigenvalue weighted by Crippen LogP contribution is 2.19. The average Bonchev–Trinajstić information content (AvgIpc) is 2.66. The summed E-state index contributed by atoms with van der Waals surface area (Å²) in [4.78, 5) is 26.0. The third-order valence-corrected chi connectivity index (χ3v) is 4.66. The van der Waals surface area contributed by atoms with Crippen LogP contribution in [0, 0.1) is 5.92 Å². The van der Waals surface area contributed by atoms with Crippen molar-refractivity contribution in [3.8, 4) is 0 Å². The second-order valence-electron chi connectivity index (χ2n) is 8.23. The first kappa shape index (κ1) is 22.2. The Morgan fingerprint density at radius 3 is 2.43 bits per heavy atom. The van der Waals surface area contributed by atoms with Crippen LogP contribution in [0.5, 0.6) is 0 Å². The Morgan fingerprint density at radius 2 is 1.79 bits per heavy atom. The molecular weight excluding hydrogens is 356 g/mol. The molecule has 0 aromatic heterocycles. The fourth-order valence-corrected chi connectivity index (χ4v) is 3.12. The standard InChI is InChI=1S/C22H34N2O4/c1-22(2,3)28-21(26)24-14-10-19(11-15-24)20(25)23-13-7-16-27-17-12-18-8-5-4-6-9-18/h4-6,8-9,19H,7,10-17H2,1-3H3,(H,23,25). The summed E-state index contributed by atoms with van der Waals surface area (Å²) in [5.41, 5.74) is 0.780. The van der Waals surface area contributed by atoms with Crippen molar-refractivity contribution in [1.82, 2.24) is 10.2 Å². The normalized spacial score (nSPS) is 15.3. The van der Waals surface area contributed by atoms with Crippen molar-refractivity contribution in [1.29, 1.82) is 0 Å². The lowest BCUT2D eigenvalue weighted by atomic mass is 9.96. The quantitative estimate of drug-likeness (QED) is 0.691. The number of amides is 2. The summed E-state index contributed by atoms with van der Waals surface area (Å²) < 4.78 is 11.0. The van der Waals surface area contributed by atoms with E-state index in [9.17, 15) is 9.59 Å². The van der Waals surface area contributed by atoms with Gasteiger partial charge in [-0.15, -0.1) is 0 Å². The van der Waals surface area contributed by atoms with E-state index in [2.05, 4.69) is 17.4 Å². The van der Waals surface area contributed by atoms with E-state index in [1.54, 1.807) is 4.90 Å². The fraction of sp³-hybridized carbons (Fsp3) is 0.636. The number of nitrogens with zero attached hydrogens (tertiary/aromatic N) is 1. The Bertz CT molecular complexity index is 605. The van der Waals surface area contributed by atoms with Crippen LogP contribution in [0.1, 0.15) is 45.6 Å². The third-order valence-electron chi connectivity index (χ3n) is 4.66. The van der Waals surface area contributed by atoms with E-state index in [0.29, 0.717) is 45.7 Å². The number of nitrogens with one attached hydrogen (secondary N) is 1. The molecular formula is C22H34N2O4. The lowest BCUT2D eigenvalue weighted by molar-refractivity contribution is -0.126. The van der Waals surface area contributed by atoms with Gasteiger partial charge in [-0.05, 0) is 52.0 Å². The minimum atomic E-state index is -0.492. The van der Waals surface area contributed by atoms with Gasteiger partial charge < -0.3 is 19.7 Å². The molecule has 0 aliphatic carbocycles. The average molecular weight is 391 g/mol. The number of carbonyl (C=O) groups is 2. The molecule has 1 N–H and O–H groups in total. The monoisotopic (exact) mass is 390 g/mol. The number of hydrogen-bond acceptors (Lipinski definition) is 4. The van der Waals surface area contributed by atoms with E-state index < -0.39 is 5.60 Å². The molecule has 0 bridgehead atoms. The van der Waals surface area contributed by atoms with Crippen molar-refractivity contribution in [3.63, 3.8) is 0 Å². The third kappa shape index (κ3) is 8.30. The number of likely N-dealkylation sites (tertiary alicyclic amines) is 1. The summed E-state index contributed by atoms with van der Waals surface area (Å²) in [5, 5.41) is 2.99. The molecule has 0 radical (unpaired) electrons. The Kier molecular flexibility index (Phi) is 8.77. The van der Waals surface area contributed by atoms with Gasteiger partial charge >= 0.3 is 6.09 Å². The van der Waals surface area contributed by atoms with Gasteiger partial charge in [0.15, 0.2) is 0 Å². The minimum Gasteiger partial charge on any atom is -0.444 e. The van der Waals surface area contributed by atoms with Crippen LogP contribution >= 0.6 is 0 Å². The lowest BCUT2D eigenvalue weighted by Gasteiger charge is -2.32. The Labute approximate surface area is 168 Å². The molecule has 0 spiro atoms. The molecule has 0 unspecified atom stereocenters. The van der Waals surface area contributed by atoms with Crippen LogP contribution in [0.2, 0.25) is 0 Å². The molecule has 1 aromatic rings. The van der Waals surface area contributed by atoms with Gasteiger partial charge in [0.2, 0.25) is 5.91 Å². The summed E-state index contributed by atoms with van der Waals surface area (Å²) in [5.74, 6) is 0.0470. The molecule has 28 heavy (non-hydrogen) atoms. The van der Waals surface area contributed by atoms with Crippen LogP contribution in [-0.4, -0.2) is 55.3 Å². The topological polar surface area (TPSA) is 67.9 Å². The van der Waals surface area contributed by atoms with E-state index in [1.807, 2.05) is 39.0 Å².